The summed E-state index contributed by atoms with van der Waals surface area (Å²) in [5.74, 6) is -0.127. The Morgan fingerprint density at radius 1 is 1.47 bits per heavy atom. The number of nitrogens with one attached hydrogen (secondary N) is 1. The number of amides is 1. The third-order valence-electron chi connectivity index (χ3n) is 4.29. The minimum absolute atomic E-state index is 0.0446. The van der Waals surface area contributed by atoms with Crippen LogP contribution >= 0.6 is 0 Å². The van der Waals surface area contributed by atoms with Crippen LogP contribution in [0, 0.1) is 5.92 Å². The second kappa shape index (κ2) is 4.92. The molecule has 1 amide bonds. The largest absolute Gasteiger partial charge is 0.379 e. The molecule has 0 aromatic rings. The number of hydrogen-bond donors (Lipinski definition) is 2. The molecule has 2 rings (SSSR count). The molecular weight excluding hydrogens is 218 g/mol. The van der Waals surface area contributed by atoms with Crippen LogP contribution in [0.25, 0.3) is 0 Å². The molecule has 0 bridgehead atoms. The molecule has 1 aliphatic carbocycles. The molecule has 2 unspecified atom stereocenters. The molecule has 0 spiro atoms. The van der Waals surface area contributed by atoms with Gasteiger partial charge in [-0.2, -0.15) is 0 Å². The summed E-state index contributed by atoms with van der Waals surface area (Å²) in [6.45, 7) is 1.68. The van der Waals surface area contributed by atoms with Crippen LogP contribution in [0.15, 0.2) is 0 Å². The van der Waals surface area contributed by atoms with Crippen LogP contribution < -0.4 is 11.1 Å². The second-order valence-electron chi connectivity index (χ2n) is 5.50. The first-order chi connectivity index (χ1) is 8.05. The number of nitrogens with two attached hydrogens (primary N) is 1. The van der Waals surface area contributed by atoms with Crippen LogP contribution in [0.3, 0.4) is 0 Å². The summed E-state index contributed by atoms with van der Waals surface area (Å²) in [7, 11) is 4.16. The van der Waals surface area contributed by atoms with Crippen molar-refractivity contribution in [1.29, 1.82) is 0 Å². The van der Waals surface area contributed by atoms with Crippen LogP contribution in [0.4, 0.5) is 0 Å². The lowest BCUT2D eigenvalue weighted by atomic mass is 9.75. The Bertz CT molecular complexity index is 289. The van der Waals surface area contributed by atoms with Crippen LogP contribution in [0.2, 0.25) is 0 Å². The van der Waals surface area contributed by atoms with Gasteiger partial charge in [-0.15, -0.1) is 0 Å². The van der Waals surface area contributed by atoms with Gasteiger partial charge in [0.2, 0.25) is 5.91 Å². The summed E-state index contributed by atoms with van der Waals surface area (Å²) in [6.07, 6.45) is 3.57. The van der Waals surface area contributed by atoms with Crippen molar-refractivity contribution < 1.29 is 9.53 Å². The SMILES string of the molecule is CN(C)C1(CNC(=O)C2COCC2N)CCC1. The lowest BCUT2D eigenvalue weighted by Gasteiger charge is -2.47. The standard InChI is InChI=1S/C12H23N3O2/c1-15(2)12(4-3-5-12)8-14-11(16)9-6-17-7-10(9)13/h9-10H,3-8,13H2,1-2H3,(H,14,16). The monoisotopic (exact) mass is 241 g/mol. The average Bonchev–Trinajstić information content (AvgIpc) is 2.62. The maximum absolute atomic E-state index is 12.0. The highest BCUT2D eigenvalue weighted by molar-refractivity contribution is 5.79. The fourth-order valence-corrected chi connectivity index (χ4v) is 2.59. The first-order valence-electron chi connectivity index (χ1n) is 6.34. The smallest absolute Gasteiger partial charge is 0.227 e. The summed E-state index contributed by atoms with van der Waals surface area (Å²) >= 11 is 0. The molecule has 5 nitrogen and oxygen atoms in total. The molecule has 0 aromatic carbocycles. The first-order valence-corrected chi connectivity index (χ1v) is 6.34. The van der Waals surface area contributed by atoms with Gasteiger partial charge in [0.05, 0.1) is 19.1 Å². The molecule has 0 radical (unpaired) electrons. The number of hydrogen-bond acceptors (Lipinski definition) is 4. The van der Waals surface area contributed by atoms with Gasteiger partial charge in [-0.25, -0.2) is 0 Å². The van der Waals surface area contributed by atoms with Crippen LogP contribution in [-0.4, -0.2) is 56.2 Å². The van der Waals surface area contributed by atoms with E-state index in [0.717, 1.165) is 19.4 Å². The fraction of sp³-hybridized carbons (Fsp3) is 0.917. The zero-order chi connectivity index (χ0) is 12.5. The summed E-state index contributed by atoms with van der Waals surface area (Å²) in [5, 5.41) is 3.04. The molecular formula is C12H23N3O2. The molecule has 3 N–H and O–H groups in total. The highest BCUT2D eigenvalue weighted by Crippen LogP contribution is 2.35. The average molecular weight is 241 g/mol. The Balaban J connectivity index is 1.83. The van der Waals surface area contributed by atoms with Gasteiger partial charge in [-0.3, -0.25) is 4.79 Å². The number of carbonyl (C=O) groups is 1. The molecule has 1 saturated heterocycles. The van der Waals surface area contributed by atoms with E-state index in [1.54, 1.807) is 0 Å². The molecule has 1 saturated carbocycles. The Kier molecular flexibility index (Phi) is 3.70. The number of nitrogens with zero attached hydrogens (tertiary/aromatic N) is 1. The summed E-state index contributed by atoms with van der Waals surface area (Å²) in [6, 6.07) is -0.147. The van der Waals surface area contributed by atoms with Crippen molar-refractivity contribution in [2.45, 2.75) is 30.8 Å². The number of likely N-dealkylation sites (N-methyl/N-ethyl adjacent to an activating group) is 1. The van der Waals surface area contributed by atoms with Crippen molar-refractivity contribution in [3.05, 3.63) is 0 Å². The van der Waals surface area contributed by atoms with E-state index in [1.165, 1.54) is 6.42 Å². The van der Waals surface area contributed by atoms with E-state index in [4.69, 9.17) is 10.5 Å². The van der Waals surface area contributed by atoms with Crippen molar-refractivity contribution >= 4 is 5.91 Å². The predicted octanol–water partition coefficient (Wildman–Crippen LogP) is -0.439. The summed E-state index contributed by atoms with van der Waals surface area (Å²) < 4.78 is 5.21. The van der Waals surface area contributed by atoms with Crippen LogP contribution in [0.1, 0.15) is 19.3 Å². The quantitative estimate of drug-likeness (QED) is 0.700. The molecule has 2 fully saturated rings. The lowest BCUT2D eigenvalue weighted by molar-refractivity contribution is -0.126. The second-order valence-corrected chi connectivity index (χ2v) is 5.50. The Hall–Kier alpha value is -0.650. The third-order valence-corrected chi connectivity index (χ3v) is 4.29. The molecule has 17 heavy (non-hydrogen) atoms. The van der Waals surface area contributed by atoms with Crippen molar-refractivity contribution in [3.63, 3.8) is 0 Å². The van der Waals surface area contributed by atoms with E-state index in [-0.39, 0.29) is 23.4 Å². The van der Waals surface area contributed by atoms with E-state index in [1.807, 2.05) is 0 Å². The Morgan fingerprint density at radius 3 is 2.59 bits per heavy atom. The van der Waals surface area contributed by atoms with Crippen molar-refractivity contribution in [1.82, 2.24) is 10.2 Å². The predicted molar refractivity (Wildman–Crippen MR) is 65.6 cm³/mol. The van der Waals surface area contributed by atoms with Crippen LogP contribution in [0.5, 0.6) is 0 Å². The van der Waals surface area contributed by atoms with Gasteiger partial charge in [-0.1, -0.05) is 0 Å². The van der Waals surface area contributed by atoms with Gasteiger partial charge >= 0.3 is 0 Å². The first kappa shape index (κ1) is 12.8. The number of rotatable bonds is 4. The van der Waals surface area contributed by atoms with Gasteiger partial charge in [0.15, 0.2) is 0 Å². The molecule has 1 aliphatic heterocycles. The minimum Gasteiger partial charge on any atom is -0.379 e. The lowest BCUT2D eigenvalue weighted by Crippen LogP contribution is -2.58. The van der Waals surface area contributed by atoms with E-state index in [0.29, 0.717) is 13.2 Å². The van der Waals surface area contributed by atoms with Gasteiger partial charge in [0.25, 0.3) is 0 Å². The highest BCUT2D eigenvalue weighted by atomic mass is 16.5. The summed E-state index contributed by atoms with van der Waals surface area (Å²) in [4.78, 5) is 14.2. The maximum atomic E-state index is 12.0. The van der Waals surface area contributed by atoms with E-state index >= 15 is 0 Å². The van der Waals surface area contributed by atoms with E-state index in [2.05, 4.69) is 24.3 Å². The summed E-state index contributed by atoms with van der Waals surface area (Å²) in [5.41, 5.74) is 6.00. The zero-order valence-electron chi connectivity index (χ0n) is 10.7. The van der Waals surface area contributed by atoms with Gasteiger partial charge in [-0.05, 0) is 33.4 Å². The molecule has 0 aromatic heterocycles. The molecule has 1 heterocycles. The van der Waals surface area contributed by atoms with Gasteiger partial charge < -0.3 is 20.7 Å². The third kappa shape index (κ3) is 2.46. The van der Waals surface area contributed by atoms with Crippen molar-refractivity contribution in [2.75, 3.05) is 33.9 Å². The molecule has 2 aliphatic rings. The highest BCUT2D eigenvalue weighted by Gasteiger charge is 2.40. The van der Waals surface area contributed by atoms with E-state index in [9.17, 15) is 4.79 Å². The van der Waals surface area contributed by atoms with E-state index < -0.39 is 0 Å². The number of ether oxygens (including phenoxy) is 1. The minimum atomic E-state index is -0.172. The molecule has 2 atom stereocenters. The van der Waals surface area contributed by atoms with Crippen molar-refractivity contribution in [3.8, 4) is 0 Å². The normalized spacial score (nSPS) is 31.3. The number of carbonyl (C=O) groups excluding carboxylic acids is 1. The molecule has 98 valence electrons. The van der Waals surface area contributed by atoms with Gasteiger partial charge in [0.1, 0.15) is 0 Å². The topological polar surface area (TPSA) is 67.6 Å². The fourth-order valence-electron chi connectivity index (χ4n) is 2.59. The Labute approximate surface area is 103 Å². The Morgan fingerprint density at radius 2 is 2.18 bits per heavy atom. The van der Waals surface area contributed by atoms with Gasteiger partial charge in [0, 0.05) is 18.1 Å². The van der Waals surface area contributed by atoms with Crippen molar-refractivity contribution in [2.24, 2.45) is 11.7 Å². The molecule has 5 heteroatoms. The zero-order valence-corrected chi connectivity index (χ0v) is 10.7. The maximum Gasteiger partial charge on any atom is 0.227 e. The van der Waals surface area contributed by atoms with Crippen LogP contribution in [-0.2, 0) is 9.53 Å².